The van der Waals surface area contributed by atoms with E-state index in [4.69, 9.17) is 4.18 Å². The van der Waals surface area contributed by atoms with Crippen LogP contribution in [0.2, 0.25) is 0 Å². The first kappa shape index (κ1) is 27.7. The number of anilines is 1. The number of aromatic nitrogens is 3. The van der Waals surface area contributed by atoms with Crippen LogP contribution in [0.15, 0.2) is 46.8 Å². The molecule has 4 rings (SSSR count). The fourth-order valence-corrected chi connectivity index (χ4v) is 5.82. The second kappa shape index (κ2) is 10.8. The Hall–Kier alpha value is -2.37. The largest absolute Gasteiger partial charge is 0.388 e. The monoisotopic (exact) mass is 613 g/mol. The summed E-state index contributed by atoms with van der Waals surface area (Å²) in [4.78, 5) is 26.0. The number of nitrogens with zero attached hydrogens (tertiary/aromatic N) is 3. The molecule has 1 fully saturated rings. The van der Waals surface area contributed by atoms with Crippen LogP contribution in [-0.2, 0) is 20.1 Å². The molecule has 37 heavy (non-hydrogen) atoms. The molecular formula is C22H24BrN5O7S2. The number of carbonyl (C=O) groups is 1. The van der Waals surface area contributed by atoms with Gasteiger partial charge in [0.25, 0.3) is 0 Å². The van der Waals surface area contributed by atoms with Gasteiger partial charge in [-0.3, -0.25) is 8.98 Å². The maximum absolute atomic E-state index is 13.4. The molecule has 3 heterocycles. The molecule has 0 aliphatic heterocycles. The van der Waals surface area contributed by atoms with Crippen LogP contribution in [0.25, 0.3) is 0 Å². The molecule has 1 saturated carbocycles. The van der Waals surface area contributed by atoms with E-state index in [2.05, 4.69) is 36.2 Å². The van der Waals surface area contributed by atoms with Gasteiger partial charge in [0.15, 0.2) is 0 Å². The minimum atomic E-state index is -4.10. The number of hydrogen-bond donors (Lipinski definition) is 5. The van der Waals surface area contributed by atoms with E-state index in [9.17, 15) is 28.5 Å². The number of hydrogen-bond acceptors (Lipinski definition) is 12. The SMILES string of the molecule is CNS(=O)(=O)O[C@@H]1C[C@@H](Nc2ncncc2C(=O)c2cc([C@@](C)(O)c3cccc(Br)n3)cs2)[C@H](O)[C@H]1O. The summed E-state index contributed by atoms with van der Waals surface area (Å²) in [6.45, 7) is 1.58. The summed E-state index contributed by atoms with van der Waals surface area (Å²) in [5.41, 5.74) is -0.502. The third-order valence-corrected chi connectivity index (χ3v) is 8.38. The molecule has 12 nitrogen and oxygen atoms in total. The zero-order valence-corrected chi connectivity index (χ0v) is 22.8. The predicted molar refractivity (Wildman–Crippen MR) is 137 cm³/mol. The zero-order valence-electron chi connectivity index (χ0n) is 19.6. The summed E-state index contributed by atoms with van der Waals surface area (Å²) >= 11 is 4.41. The smallest absolute Gasteiger partial charge is 0.335 e. The Morgan fingerprint density at radius 1 is 1.30 bits per heavy atom. The maximum atomic E-state index is 13.4. The summed E-state index contributed by atoms with van der Waals surface area (Å²) in [5.74, 6) is -0.348. The van der Waals surface area contributed by atoms with E-state index in [0.717, 1.165) is 18.4 Å². The highest BCUT2D eigenvalue weighted by atomic mass is 79.9. The molecule has 0 aromatic carbocycles. The lowest BCUT2D eigenvalue weighted by molar-refractivity contribution is -0.00882. The van der Waals surface area contributed by atoms with E-state index in [-0.39, 0.29) is 17.8 Å². The predicted octanol–water partition coefficient (Wildman–Crippen LogP) is 0.938. The number of thiophene rings is 1. The number of rotatable bonds is 9. The van der Waals surface area contributed by atoms with Crippen LogP contribution >= 0.6 is 27.3 Å². The molecule has 0 bridgehead atoms. The van der Waals surface area contributed by atoms with Crippen molar-refractivity contribution in [3.05, 3.63) is 68.5 Å². The fraction of sp³-hybridized carbons (Fsp3) is 0.364. The van der Waals surface area contributed by atoms with Crippen molar-refractivity contribution in [3.8, 4) is 0 Å². The van der Waals surface area contributed by atoms with Crippen LogP contribution in [0.3, 0.4) is 0 Å². The average molecular weight is 615 g/mol. The van der Waals surface area contributed by atoms with Gasteiger partial charge in [0.1, 0.15) is 40.7 Å². The van der Waals surface area contributed by atoms with Gasteiger partial charge < -0.3 is 20.6 Å². The van der Waals surface area contributed by atoms with E-state index in [0.29, 0.717) is 20.7 Å². The standard InChI is InChI=1S/C22H24BrN5O7S2/c1-22(32,16-4-3-5-17(23)28-16)11-6-15(36-9-11)18(29)12-8-25-10-26-21(12)27-13-7-14(20(31)19(13)30)35-37(33,34)24-2/h3-6,8-10,13-14,19-20,24,30-32H,7H2,1-2H3,(H,25,26,27)/t13-,14-,19+,20+,22-/m1/s1. The third kappa shape index (κ3) is 5.88. The summed E-state index contributed by atoms with van der Waals surface area (Å²) in [6, 6.07) is 5.86. The van der Waals surface area contributed by atoms with Crippen molar-refractivity contribution >= 4 is 49.2 Å². The van der Waals surface area contributed by atoms with Gasteiger partial charge >= 0.3 is 10.3 Å². The molecule has 0 spiro atoms. The van der Waals surface area contributed by atoms with Gasteiger partial charge in [-0.1, -0.05) is 6.07 Å². The van der Waals surface area contributed by atoms with E-state index < -0.39 is 46.0 Å². The highest BCUT2D eigenvalue weighted by molar-refractivity contribution is 9.10. The Balaban J connectivity index is 1.55. The van der Waals surface area contributed by atoms with Crippen LogP contribution in [0.4, 0.5) is 5.82 Å². The summed E-state index contributed by atoms with van der Waals surface area (Å²) < 4.78 is 30.9. The van der Waals surface area contributed by atoms with Crippen LogP contribution in [-0.4, -0.2) is 75.9 Å². The highest BCUT2D eigenvalue weighted by Gasteiger charge is 2.44. The average Bonchev–Trinajstić information content (AvgIpc) is 3.46. The van der Waals surface area contributed by atoms with Crippen molar-refractivity contribution in [2.45, 2.75) is 43.3 Å². The molecule has 3 aromatic heterocycles. The highest BCUT2D eigenvalue weighted by Crippen LogP contribution is 2.34. The van der Waals surface area contributed by atoms with Crippen molar-refractivity contribution in [2.75, 3.05) is 12.4 Å². The second-order valence-corrected chi connectivity index (χ2v) is 11.7. The first-order valence-corrected chi connectivity index (χ1v) is 14.0. The summed E-state index contributed by atoms with van der Waals surface area (Å²) in [7, 11) is -2.94. The number of aliphatic hydroxyl groups excluding tert-OH is 2. The van der Waals surface area contributed by atoms with E-state index in [1.165, 1.54) is 12.5 Å². The van der Waals surface area contributed by atoms with E-state index in [1.807, 2.05) is 4.72 Å². The molecule has 0 unspecified atom stereocenters. The van der Waals surface area contributed by atoms with Gasteiger partial charge in [-0.15, -0.1) is 11.3 Å². The van der Waals surface area contributed by atoms with E-state index in [1.54, 1.807) is 36.6 Å². The molecule has 0 radical (unpaired) electrons. The molecule has 0 saturated heterocycles. The van der Waals surface area contributed by atoms with Gasteiger partial charge in [0.2, 0.25) is 5.78 Å². The quantitative estimate of drug-likeness (QED) is 0.171. The molecule has 15 heteroatoms. The fourth-order valence-electron chi connectivity index (χ4n) is 3.90. The molecular weight excluding hydrogens is 590 g/mol. The summed E-state index contributed by atoms with van der Waals surface area (Å²) in [6.07, 6.45) is -1.65. The van der Waals surface area contributed by atoms with Gasteiger partial charge in [-0.05, 0) is 46.4 Å². The summed E-state index contributed by atoms with van der Waals surface area (Å²) in [5, 5.41) is 36.4. The van der Waals surface area contributed by atoms with Gasteiger partial charge in [-0.25, -0.2) is 15.0 Å². The topological polar surface area (TPSA) is 184 Å². The number of ketones is 1. The molecule has 198 valence electrons. The minimum Gasteiger partial charge on any atom is -0.388 e. The number of carbonyl (C=O) groups excluding carboxylic acids is 1. The normalized spacial score (nSPS) is 23.5. The number of aliphatic hydroxyl groups is 3. The zero-order chi connectivity index (χ0) is 27.0. The number of nitrogens with one attached hydrogen (secondary N) is 2. The number of pyridine rings is 1. The number of halogens is 1. The lowest BCUT2D eigenvalue weighted by Gasteiger charge is -2.21. The van der Waals surface area contributed by atoms with Crippen LogP contribution < -0.4 is 10.0 Å². The maximum Gasteiger partial charge on any atom is 0.335 e. The Morgan fingerprint density at radius 3 is 2.76 bits per heavy atom. The molecule has 0 amide bonds. The molecule has 5 atom stereocenters. The van der Waals surface area contributed by atoms with Gasteiger partial charge in [0.05, 0.1) is 22.2 Å². The van der Waals surface area contributed by atoms with Crippen LogP contribution in [0.1, 0.15) is 39.8 Å². The van der Waals surface area contributed by atoms with E-state index >= 15 is 0 Å². The van der Waals surface area contributed by atoms with Crippen LogP contribution in [0.5, 0.6) is 0 Å². The Bertz CT molecular complexity index is 1400. The molecule has 5 N–H and O–H groups in total. The van der Waals surface area contributed by atoms with Crippen molar-refractivity contribution in [2.24, 2.45) is 0 Å². The molecule has 1 aliphatic carbocycles. The Morgan fingerprint density at radius 2 is 2.05 bits per heavy atom. The van der Waals surface area contributed by atoms with Crippen LogP contribution in [0, 0.1) is 0 Å². The lowest BCUT2D eigenvalue weighted by Crippen LogP contribution is -2.38. The molecule has 3 aromatic rings. The third-order valence-electron chi connectivity index (χ3n) is 6.01. The van der Waals surface area contributed by atoms with Crippen molar-refractivity contribution in [1.82, 2.24) is 19.7 Å². The van der Waals surface area contributed by atoms with Crippen molar-refractivity contribution in [3.63, 3.8) is 0 Å². The van der Waals surface area contributed by atoms with Crippen molar-refractivity contribution in [1.29, 1.82) is 0 Å². The Labute approximate surface area is 225 Å². The van der Waals surface area contributed by atoms with Gasteiger partial charge in [0, 0.05) is 25.2 Å². The van der Waals surface area contributed by atoms with Gasteiger partial charge in [-0.2, -0.15) is 13.1 Å². The minimum absolute atomic E-state index is 0.0769. The first-order chi connectivity index (χ1) is 17.4. The first-order valence-electron chi connectivity index (χ1n) is 11.0. The Kier molecular flexibility index (Phi) is 8.06. The lowest BCUT2D eigenvalue weighted by atomic mass is 9.94. The second-order valence-electron chi connectivity index (χ2n) is 8.49. The molecule has 1 aliphatic rings. The van der Waals surface area contributed by atoms with Crippen molar-refractivity contribution < 1.29 is 32.7 Å².